The molecule has 2 aromatic rings. The normalized spacial score (nSPS) is 10.9. The molecule has 2 rings (SSSR count). The lowest BCUT2D eigenvalue weighted by atomic mass is 10.3. The number of carbonyl (C=O) groups is 1. The van der Waals surface area contributed by atoms with Gasteiger partial charge in [0.2, 0.25) is 0 Å². The largest absolute Gasteiger partial charge is 0.370 e. The number of thioether (sulfide) groups is 1. The average Bonchev–Trinajstić information content (AvgIpc) is 2.56. The molecule has 1 aromatic carbocycles. The number of nitrogens with one attached hydrogen (secondary N) is 1. The lowest BCUT2D eigenvalue weighted by Gasteiger charge is -2.13. The zero-order chi connectivity index (χ0) is 15.8. The SMILES string of the molecule is COC(CN)C(=O)Nc1ccc(SCc2cccnc2)cc1.Cl.Cl. The average molecular weight is 390 g/mol. The number of carbonyl (C=O) groups excluding carboxylic acids is 1. The molecule has 1 amide bonds. The number of nitrogens with zero attached hydrogens (tertiary/aromatic N) is 1. The van der Waals surface area contributed by atoms with Crippen LogP contribution in [0.4, 0.5) is 5.69 Å². The summed E-state index contributed by atoms with van der Waals surface area (Å²) in [6.07, 6.45) is 3.00. The molecule has 132 valence electrons. The van der Waals surface area contributed by atoms with E-state index in [1.807, 2.05) is 42.6 Å². The van der Waals surface area contributed by atoms with Gasteiger partial charge in [0.1, 0.15) is 6.10 Å². The molecular formula is C16H21Cl2N3O2S. The highest BCUT2D eigenvalue weighted by molar-refractivity contribution is 7.98. The van der Waals surface area contributed by atoms with Gasteiger partial charge in [0.15, 0.2) is 0 Å². The predicted molar refractivity (Wildman–Crippen MR) is 103 cm³/mol. The molecule has 1 aromatic heterocycles. The highest BCUT2D eigenvalue weighted by Crippen LogP contribution is 2.23. The first-order chi connectivity index (χ1) is 10.7. The van der Waals surface area contributed by atoms with Crippen LogP contribution in [0, 0.1) is 0 Å². The number of nitrogens with two attached hydrogens (primary N) is 1. The summed E-state index contributed by atoms with van der Waals surface area (Å²) in [5, 5.41) is 2.78. The summed E-state index contributed by atoms with van der Waals surface area (Å²) in [6, 6.07) is 11.7. The topological polar surface area (TPSA) is 77.2 Å². The van der Waals surface area contributed by atoms with E-state index >= 15 is 0 Å². The summed E-state index contributed by atoms with van der Waals surface area (Å²) in [6.45, 7) is 0.154. The fraction of sp³-hybridized carbons (Fsp3) is 0.250. The quantitative estimate of drug-likeness (QED) is 0.711. The Balaban J connectivity index is 0.00000264. The molecule has 3 N–H and O–H groups in total. The second-order valence-electron chi connectivity index (χ2n) is 4.62. The van der Waals surface area contributed by atoms with Crippen LogP contribution in [0.25, 0.3) is 0 Å². The third-order valence-corrected chi connectivity index (χ3v) is 4.12. The molecule has 0 saturated heterocycles. The zero-order valence-electron chi connectivity index (χ0n) is 13.2. The van der Waals surface area contributed by atoms with Crippen molar-refractivity contribution in [3.8, 4) is 0 Å². The van der Waals surface area contributed by atoms with Crippen molar-refractivity contribution >= 4 is 48.2 Å². The minimum atomic E-state index is -0.625. The summed E-state index contributed by atoms with van der Waals surface area (Å²) in [5.74, 6) is 0.624. The Kier molecular flexibility index (Phi) is 11.4. The van der Waals surface area contributed by atoms with Gasteiger partial charge < -0.3 is 15.8 Å². The van der Waals surface area contributed by atoms with E-state index in [-0.39, 0.29) is 37.3 Å². The van der Waals surface area contributed by atoms with E-state index in [2.05, 4.69) is 10.3 Å². The van der Waals surface area contributed by atoms with Crippen molar-refractivity contribution in [3.05, 3.63) is 54.4 Å². The zero-order valence-corrected chi connectivity index (χ0v) is 15.6. The lowest BCUT2D eigenvalue weighted by molar-refractivity contribution is -0.125. The van der Waals surface area contributed by atoms with Crippen LogP contribution in [-0.4, -0.2) is 30.6 Å². The van der Waals surface area contributed by atoms with Crippen LogP contribution in [0.3, 0.4) is 0 Å². The van der Waals surface area contributed by atoms with Crippen molar-refractivity contribution in [2.75, 3.05) is 19.0 Å². The number of hydrogen-bond donors (Lipinski definition) is 2. The Morgan fingerprint density at radius 1 is 1.29 bits per heavy atom. The Morgan fingerprint density at radius 3 is 2.54 bits per heavy atom. The van der Waals surface area contributed by atoms with Gasteiger partial charge in [-0.1, -0.05) is 6.07 Å². The van der Waals surface area contributed by atoms with Crippen molar-refractivity contribution in [1.29, 1.82) is 0 Å². The number of ether oxygens (including phenoxy) is 1. The van der Waals surface area contributed by atoms with Crippen LogP contribution >= 0.6 is 36.6 Å². The summed E-state index contributed by atoms with van der Waals surface area (Å²) in [4.78, 5) is 17.1. The number of amides is 1. The molecule has 0 saturated carbocycles. The maximum atomic E-state index is 11.8. The van der Waals surface area contributed by atoms with Gasteiger partial charge in [-0.25, -0.2) is 0 Å². The highest BCUT2D eigenvalue weighted by Gasteiger charge is 2.15. The maximum Gasteiger partial charge on any atom is 0.254 e. The van der Waals surface area contributed by atoms with E-state index in [1.165, 1.54) is 12.7 Å². The fourth-order valence-corrected chi connectivity index (χ4v) is 2.65. The first kappa shape index (κ1) is 22.7. The van der Waals surface area contributed by atoms with E-state index in [9.17, 15) is 4.79 Å². The van der Waals surface area contributed by atoms with Crippen molar-refractivity contribution in [2.24, 2.45) is 5.73 Å². The van der Waals surface area contributed by atoms with Crippen molar-refractivity contribution in [2.45, 2.75) is 16.8 Å². The van der Waals surface area contributed by atoms with E-state index < -0.39 is 6.10 Å². The summed E-state index contributed by atoms with van der Waals surface area (Å²) in [7, 11) is 1.47. The third kappa shape index (κ3) is 7.07. The number of rotatable bonds is 7. The van der Waals surface area contributed by atoms with Gasteiger partial charge in [-0.2, -0.15) is 0 Å². The van der Waals surface area contributed by atoms with Crippen LogP contribution in [0.5, 0.6) is 0 Å². The van der Waals surface area contributed by atoms with Gasteiger partial charge >= 0.3 is 0 Å². The molecule has 0 fully saturated rings. The number of pyridine rings is 1. The first-order valence-electron chi connectivity index (χ1n) is 6.88. The predicted octanol–water partition coefficient (Wildman–Crippen LogP) is 3.13. The maximum absolute atomic E-state index is 11.8. The Hall–Kier alpha value is -1.31. The molecule has 24 heavy (non-hydrogen) atoms. The molecule has 1 heterocycles. The fourth-order valence-electron chi connectivity index (χ4n) is 1.82. The molecule has 0 aliphatic carbocycles. The molecule has 0 radical (unpaired) electrons. The van der Waals surface area contributed by atoms with Crippen LogP contribution in [0.1, 0.15) is 5.56 Å². The van der Waals surface area contributed by atoms with Gasteiger partial charge in [-0.05, 0) is 35.9 Å². The molecule has 1 unspecified atom stereocenters. The van der Waals surface area contributed by atoms with Crippen LogP contribution in [-0.2, 0) is 15.3 Å². The molecule has 0 aliphatic heterocycles. The molecule has 0 aliphatic rings. The summed E-state index contributed by atoms with van der Waals surface area (Å²) >= 11 is 1.72. The van der Waals surface area contributed by atoms with Crippen molar-refractivity contribution in [3.63, 3.8) is 0 Å². The Labute approximate surface area is 158 Å². The van der Waals surface area contributed by atoms with Gasteiger partial charge in [-0.15, -0.1) is 36.6 Å². The Bertz CT molecular complexity index is 596. The van der Waals surface area contributed by atoms with E-state index in [0.29, 0.717) is 0 Å². The van der Waals surface area contributed by atoms with Gasteiger partial charge in [0, 0.05) is 42.4 Å². The molecule has 8 heteroatoms. The van der Waals surface area contributed by atoms with Crippen LogP contribution in [0.15, 0.2) is 53.7 Å². The number of benzene rings is 1. The summed E-state index contributed by atoms with van der Waals surface area (Å²) in [5.41, 5.74) is 7.37. The van der Waals surface area contributed by atoms with Crippen molar-refractivity contribution in [1.82, 2.24) is 4.98 Å². The number of anilines is 1. The van der Waals surface area contributed by atoms with Crippen LogP contribution in [0.2, 0.25) is 0 Å². The number of halogens is 2. The molecule has 5 nitrogen and oxygen atoms in total. The van der Waals surface area contributed by atoms with Gasteiger partial charge in [0.05, 0.1) is 0 Å². The summed E-state index contributed by atoms with van der Waals surface area (Å²) < 4.78 is 5.00. The lowest BCUT2D eigenvalue weighted by Crippen LogP contribution is -2.35. The molecule has 1 atom stereocenters. The molecule has 0 spiro atoms. The molecule has 0 bridgehead atoms. The molecular weight excluding hydrogens is 369 g/mol. The number of aromatic nitrogens is 1. The van der Waals surface area contributed by atoms with Gasteiger partial charge in [0.25, 0.3) is 5.91 Å². The van der Waals surface area contributed by atoms with Crippen LogP contribution < -0.4 is 11.1 Å². The van der Waals surface area contributed by atoms with E-state index in [1.54, 1.807) is 18.0 Å². The minimum absolute atomic E-state index is 0. The van der Waals surface area contributed by atoms with Gasteiger partial charge in [-0.3, -0.25) is 9.78 Å². The first-order valence-corrected chi connectivity index (χ1v) is 7.87. The second-order valence-corrected chi connectivity index (χ2v) is 5.67. The standard InChI is InChI=1S/C16H19N3O2S.2ClH/c1-21-15(9-17)16(20)19-13-4-6-14(7-5-13)22-11-12-3-2-8-18-10-12;;/h2-8,10,15H,9,11,17H2,1H3,(H,19,20);2*1H. The monoisotopic (exact) mass is 389 g/mol. The second kappa shape index (κ2) is 12.1. The van der Waals surface area contributed by atoms with E-state index in [4.69, 9.17) is 10.5 Å². The van der Waals surface area contributed by atoms with Crippen molar-refractivity contribution < 1.29 is 9.53 Å². The third-order valence-electron chi connectivity index (χ3n) is 3.04. The Morgan fingerprint density at radius 2 is 2.00 bits per heavy atom. The smallest absolute Gasteiger partial charge is 0.254 e. The number of methoxy groups -OCH3 is 1. The number of hydrogen-bond acceptors (Lipinski definition) is 5. The highest BCUT2D eigenvalue weighted by atomic mass is 35.5. The van der Waals surface area contributed by atoms with E-state index in [0.717, 1.165) is 16.3 Å². The minimum Gasteiger partial charge on any atom is -0.370 e.